The van der Waals surface area contributed by atoms with Gasteiger partial charge in [-0.05, 0) is 48.1 Å². The Morgan fingerprint density at radius 3 is 2.67 bits per heavy atom. The van der Waals surface area contributed by atoms with Crippen LogP contribution in [0.25, 0.3) is 10.9 Å². The predicted molar refractivity (Wildman–Crippen MR) is 129 cm³/mol. The predicted octanol–water partition coefficient (Wildman–Crippen LogP) is 3.61. The Bertz CT molecular complexity index is 1290. The second-order valence-corrected chi connectivity index (χ2v) is 7.76. The SMILES string of the molecule is COc1cc2cc(CN(Cc3cccnc3)C(=S)NCc3ccco3)c(=O)[nH]c2cc1OC. The largest absolute Gasteiger partial charge is 0.493 e. The van der Waals surface area contributed by atoms with Crippen LogP contribution < -0.4 is 20.3 Å². The molecule has 9 heteroatoms. The van der Waals surface area contributed by atoms with Crippen molar-refractivity contribution >= 4 is 28.2 Å². The molecular formula is C24H24N4O4S. The van der Waals surface area contributed by atoms with E-state index in [4.69, 9.17) is 26.1 Å². The average molecular weight is 465 g/mol. The Morgan fingerprint density at radius 1 is 1.15 bits per heavy atom. The molecule has 0 saturated heterocycles. The molecule has 0 saturated carbocycles. The molecular weight excluding hydrogens is 440 g/mol. The highest BCUT2D eigenvalue weighted by molar-refractivity contribution is 7.80. The van der Waals surface area contributed by atoms with Gasteiger partial charge >= 0.3 is 0 Å². The summed E-state index contributed by atoms with van der Waals surface area (Å²) >= 11 is 5.66. The van der Waals surface area contributed by atoms with Gasteiger partial charge in [-0.15, -0.1) is 0 Å². The van der Waals surface area contributed by atoms with E-state index < -0.39 is 0 Å². The van der Waals surface area contributed by atoms with Gasteiger partial charge < -0.3 is 29.1 Å². The normalized spacial score (nSPS) is 10.7. The van der Waals surface area contributed by atoms with Crippen LogP contribution in [0.3, 0.4) is 0 Å². The number of H-pyrrole nitrogens is 1. The summed E-state index contributed by atoms with van der Waals surface area (Å²) in [7, 11) is 3.14. The third-order valence-electron chi connectivity index (χ3n) is 5.16. The molecule has 1 aromatic carbocycles. The Balaban J connectivity index is 1.63. The van der Waals surface area contributed by atoms with E-state index in [1.54, 1.807) is 38.9 Å². The van der Waals surface area contributed by atoms with Crippen LogP contribution in [0.2, 0.25) is 0 Å². The lowest BCUT2D eigenvalue weighted by atomic mass is 10.1. The minimum absolute atomic E-state index is 0.195. The van der Waals surface area contributed by atoms with Crippen LogP contribution in [0, 0.1) is 0 Å². The molecule has 0 aliphatic heterocycles. The monoisotopic (exact) mass is 464 g/mol. The molecule has 0 amide bonds. The fraction of sp³-hybridized carbons (Fsp3) is 0.208. The van der Waals surface area contributed by atoms with Gasteiger partial charge in [0.15, 0.2) is 16.6 Å². The van der Waals surface area contributed by atoms with Crippen LogP contribution in [-0.4, -0.2) is 34.2 Å². The summed E-state index contributed by atoms with van der Waals surface area (Å²) < 4.78 is 16.1. The van der Waals surface area contributed by atoms with E-state index in [0.29, 0.717) is 47.3 Å². The summed E-state index contributed by atoms with van der Waals surface area (Å²) in [6.07, 6.45) is 5.12. The Morgan fingerprint density at radius 2 is 1.97 bits per heavy atom. The smallest absolute Gasteiger partial charge is 0.253 e. The summed E-state index contributed by atoms with van der Waals surface area (Å²) in [5, 5.41) is 4.54. The molecule has 0 fully saturated rings. The second kappa shape index (κ2) is 10.2. The number of rotatable bonds is 8. The molecule has 3 aromatic heterocycles. The number of hydrogen-bond acceptors (Lipinski definition) is 6. The van der Waals surface area contributed by atoms with E-state index in [0.717, 1.165) is 16.7 Å². The molecule has 0 atom stereocenters. The minimum atomic E-state index is -0.195. The van der Waals surface area contributed by atoms with Crippen molar-refractivity contribution in [1.82, 2.24) is 20.2 Å². The molecule has 2 N–H and O–H groups in total. The summed E-state index contributed by atoms with van der Waals surface area (Å²) in [5.74, 6) is 1.91. The lowest BCUT2D eigenvalue weighted by Gasteiger charge is -2.25. The molecule has 4 aromatic rings. The van der Waals surface area contributed by atoms with Crippen molar-refractivity contribution in [3.63, 3.8) is 0 Å². The molecule has 0 radical (unpaired) electrons. The molecule has 0 aliphatic carbocycles. The van der Waals surface area contributed by atoms with Gasteiger partial charge in [-0.2, -0.15) is 0 Å². The van der Waals surface area contributed by atoms with Crippen LogP contribution in [0.4, 0.5) is 0 Å². The second-order valence-electron chi connectivity index (χ2n) is 7.37. The fourth-order valence-electron chi connectivity index (χ4n) is 3.50. The number of pyridine rings is 2. The lowest BCUT2D eigenvalue weighted by molar-refractivity contribution is 0.355. The number of benzene rings is 1. The number of furan rings is 1. The van der Waals surface area contributed by atoms with E-state index in [1.807, 2.05) is 41.3 Å². The number of nitrogens with one attached hydrogen (secondary N) is 2. The van der Waals surface area contributed by atoms with Crippen LogP contribution in [-0.2, 0) is 19.6 Å². The lowest BCUT2D eigenvalue weighted by Crippen LogP contribution is -2.39. The molecule has 4 rings (SSSR count). The molecule has 170 valence electrons. The van der Waals surface area contributed by atoms with Crippen LogP contribution in [0.15, 0.2) is 70.3 Å². The maximum atomic E-state index is 12.9. The molecule has 3 heterocycles. The Labute approximate surface area is 196 Å². The minimum Gasteiger partial charge on any atom is -0.493 e. The van der Waals surface area contributed by atoms with Crippen molar-refractivity contribution in [3.05, 3.63) is 88.4 Å². The van der Waals surface area contributed by atoms with Gasteiger partial charge in [-0.25, -0.2) is 0 Å². The van der Waals surface area contributed by atoms with Crippen LogP contribution in [0.1, 0.15) is 16.9 Å². The number of nitrogens with zero attached hydrogens (tertiary/aromatic N) is 2. The molecule has 0 spiro atoms. The van der Waals surface area contributed by atoms with E-state index in [1.165, 1.54) is 0 Å². The first kappa shape index (κ1) is 22.3. The number of ether oxygens (including phenoxy) is 2. The Hall–Kier alpha value is -3.85. The first-order chi connectivity index (χ1) is 16.1. The number of fused-ring (bicyclic) bond motifs is 1. The van der Waals surface area contributed by atoms with E-state index in [2.05, 4.69) is 15.3 Å². The maximum absolute atomic E-state index is 12.9. The summed E-state index contributed by atoms with van der Waals surface area (Å²) in [5.41, 5.74) is 2.02. The highest BCUT2D eigenvalue weighted by atomic mass is 32.1. The summed E-state index contributed by atoms with van der Waals surface area (Å²) in [4.78, 5) is 21.9. The summed E-state index contributed by atoms with van der Waals surface area (Å²) in [6.45, 7) is 1.24. The number of aromatic nitrogens is 2. The fourth-order valence-corrected chi connectivity index (χ4v) is 3.70. The van der Waals surface area contributed by atoms with Gasteiger partial charge in [0.1, 0.15) is 5.76 Å². The van der Waals surface area contributed by atoms with Crippen molar-refractivity contribution < 1.29 is 13.9 Å². The third kappa shape index (κ3) is 5.32. The highest BCUT2D eigenvalue weighted by Crippen LogP contribution is 2.31. The van der Waals surface area contributed by atoms with Gasteiger partial charge in [0.2, 0.25) is 0 Å². The van der Waals surface area contributed by atoms with E-state index in [9.17, 15) is 4.79 Å². The number of aromatic amines is 1. The zero-order valence-electron chi connectivity index (χ0n) is 18.3. The topological polar surface area (TPSA) is 92.6 Å². The van der Waals surface area contributed by atoms with Crippen molar-refractivity contribution in [3.8, 4) is 11.5 Å². The highest BCUT2D eigenvalue weighted by Gasteiger charge is 2.16. The first-order valence-corrected chi connectivity index (χ1v) is 10.7. The van der Waals surface area contributed by atoms with E-state index >= 15 is 0 Å². The zero-order valence-corrected chi connectivity index (χ0v) is 19.1. The third-order valence-corrected chi connectivity index (χ3v) is 5.57. The van der Waals surface area contributed by atoms with Crippen molar-refractivity contribution in [2.75, 3.05) is 14.2 Å². The molecule has 0 unspecified atom stereocenters. The molecule has 0 aliphatic rings. The molecule has 0 bridgehead atoms. The van der Waals surface area contributed by atoms with Gasteiger partial charge in [-0.1, -0.05) is 6.07 Å². The number of hydrogen-bond donors (Lipinski definition) is 2. The quantitative estimate of drug-likeness (QED) is 0.382. The van der Waals surface area contributed by atoms with Gasteiger partial charge in [-0.3, -0.25) is 9.78 Å². The van der Waals surface area contributed by atoms with Crippen molar-refractivity contribution in [1.29, 1.82) is 0 Å². The zero-order chi connectivity index (χ0) is 23.2. The molecule has 33 heavy (non-hydrogen) atoms. The summed E-state index contributed by atoms with van der Waals surface area (Å²) in [6, 6.07) is 13.0. The van der Waals surface area contributed by atoms with Crippen LogP contribution >= 0.6 is 12.2 Å². The first-order valence-electron chi connectivity index (χ1n) is 10.3. The maximum Gasteiger partial charge on any atom is 0.253 e. The van der Waals surface area contributed by atoms with Gasteiger partial charge in [0.25, 0.3) is 5.56 Å². The van der Waals surface area contributed by atoms with Crippen molar-refractivity contribution in [2.24, 2.45) is 0 Å². The Kier molecular flexibility index (Phi) is 6.89. The number of methoxy groups -OCH3 is 2. The standard InChI is InChI=1S/C24H24N4O4S/c1-30-21-10-17-9-18(23(29)27-20(17)11-22(21)31-2)15-28(14-16-5-3-7-25-12-16)24(33)26-13-19-6-4-8-32-19/h3-12H,13-15H2,1-2H3,(H,26,33)(H,27,29). The van der Waals surface area contributed by atoms with Gasteiger partial charge in [0, 0.05) is 36.0 Å². The van der Waals surface area contributed by atoms with Crippen molar-refractivity contribution in [2.45, 2.75) is 19.6 Å². The molecule has 8 nitrogen and oxygen atoms in total. The number of thiocarbonyl (C=S) groups is 1. The average Bonchev–Trinajstić information content (AvgIpc) is 3.36. The van der Waals surface area contributed by atoms with Gasteiger partial charge in [0.05, 0.1) is 39.1 Å². The van der Waals surface area contributed by atoms with E-state index in [-0.39, 0.29) is 5.56 Å². The van der Waals surface area contributed by atoms with Crippen LogP contribution in [0.5, 0.6) is 11.5 Å².